The van der Waals surface area contributed by atoms with Crippen molar-refractivity contribution in [1.82, 2.24) is 9.62 Å². The number of fused-ring (bicyclic) bond motifs is 1. The Morgan fingerprint density at radius 3 is 2.58 bits per heavy atom. The van der Waals surface area contributed by atoms with E-state index >= 15 is 0 Å². The highest BCUT2D eigenvalue weighted by molar-refractivity contribution is 7.89. The first-order valence-electron chi connectivity index (χ1n) is 10.9. The van der Waals surface area contributed by atoms with Crippen molar-refractivity contribution in [3.05, 3.63) is 59.2 Å². The summed E-state index contributed by atoms with van der Waals surface area (Å²) >= 11 is 0. The van der Waals surface area contributed by atoms with Crippen molar-refractivity contribution < 1.29 is 17.9 Å². The van der Waals surface area contributed by atoms with Gasteiger partial charge in [-0.2, -0.15) is 4.31 Å². The highest BCUT2D eigenvalue weighted by Crippen LogP contribution is 2.27. The SMILES string of the molecule is Cc1ccc(S(=O)(=O)N2CCC(C(=O)NCC3COc4ccccc4C3)CC2)cc1C. The van der Waals surface area contributed by atoms with Crippen molar-refractivity contribution >= 4 is 15.9 Å². The Labute approximate surface area is 184 Å². The number of carbonyl (C=O) groups is 1. The molecule has 1 amide bonds. The van der Waals surface area contributed by atoms with Crippen LogP contribution in [0.3, 0.4) is 0 Å². The quantitative estimate of drug-likeness (QED) is 0.772. The van der Waals surface area contributed by atoms with E-state index < -0.39 is 10.0 Å². The molecule has 1 N–H and O–H groups in total. The number of benzene rings is 2. The number of nitrogens with zero attached hydrogens (tertiary/aromatic N) is 1. The number of para-hydroxylation sites is 1. The van der Waals surface area contributed by atoms with E-state index in [4.69, 9.17) is 4.74 Å². The molecule has 2 aliphatic rings. The molecule has 2 aliphatic heterocycles. The van der Waals surface area contributed by atoms with Crippen LogP contribution >= 0.6 is 0 Å². The number of hydrogen-bond acceptors (Lipinski definition) is 4. The van der Waals surface area contributed by atoms with Crippen LogP contribution in [0.2, 0.25) is 0 Å². The highest BCUT2D eigenvalue weighted by atomic mass is 32.2. The van der Waals surface area contributed by atoms with Gasteiger partial charge in [0.25, 0.3) is 0 Å². The number of carbonyl (C=O) groups excluding carboxylic acids is 1. The van der Waals surface area contributed by atoms with E-state index in [9.17, 15) is 13.2 Å². The molecule has 1 atom stereocenters. The van der Waals surface area contributed by atoms with Crippen LogP contribution in [-0.4, -0.2) is 44.9 Å². The van der Waals surface area contributed by atoms with Crippen LogP contribution in [0.4, 0.5) is 0 Å². The van der Waals surface area contributed by atoms with Gasteiger partial charge in [-0.05, 0) is 68.0 Å². The van der Waals surface area contributed by atoms with E-state index in [1.54, 1.807) is 12.1 Å². The van der Waals surface area contributed by atoms with Crippen molar-refractivity contribution in [3.8, 4) is 5.75 Å². The molecule has 31 heavy (non-hydrogen) atoms. The van der Waals surface area contributed by atoms with Crippen molar-refractivity contribution in [2.45, 2.75) is 38.0 Å². The Hall–Kier alpha value is -2.38. The molecule has 0 aromatic heterocycles. The topological polar surface area (TPSA) is 75.7 Å². The molecule has 0 aliphatic carbocycles. The number of rotatable bonds is 5. The van der Waals surface area contributed by atoms with Gasteiger partial charge in [0.2, 0.25) is 15.9 Å². The summed E-state index contributed by atoms with van der Waals surface area (Å²) in [5, 5.41) is 3.06. The van der Waals surface area contributed by atoms with Crippen LogP contribution in [0.5, 0.6) is 5.75 Å². The number of ether oxygens (including phenoxy) is 1. The van der Waals surface area contributed by atoms with E-state index in [0.29, 0.717) is 44.0 Å². The van der Waals surface area contributed by atoms with E-state index in [1.807, 2.05) is 38.1 Å². The summed E-state index contributed by atoms with van der Waals surface area (Å²) in [5.41, 5.74) is 3.21. The molecule has 0 bridgehead atoms. The van der Waals surface area contributed by atoms with Gasteiger partial charge in [-0.15, -0.1) is 0 Å². The monoisotopic (exact) mass is 442 g/mol. The van der Waals surface area contributed by atoms with Crippen LogP contribution in [0, 0.1) is 25.7 Å². The Bertz CT molecular complexity index is 1060. The van der Waals surface area contributed by atoms with Gasteiger partial charge < -0.3 is 10.1 Å². The van der Waals surface area contributed by atoms with Crippen molar-refractivity contribution in [2.75, 3.05) is 26.2 Å². The Morgan fingerprint density at radius 1 is 1.10 bits per heavy atom. The number of sulfonamides is 1. The molecule has 1 fully saturated rings. The second-order valence-corrected chi connectivity index (χ2v) is 10.6. The molecule has 1 saturated heterocycles. The van der Waals surface area contributed by atoms with Crippen LogP contribution in [0.15, 0.2) is 47.4 Å². The molecule has 0 spiro atoms. The molecular weight excluding hydrogens is 412 g/mol. The fourth-order valence-corrected chi connectivity index (χ4v) is 5.85. The maximum absolute atomic E-state index is 13.0. The lowest BCUT2D eigenvalue weighted by atomic mass is 9.95. The van der Waals surface area contributed by atoms with Crippen LogP contribution in [-0.2, 0) is 21.2 Å². The summed E-state index contributed by atoms with van der Waals surface area (Å²) in [4.78, 5) is 13.0. The second kappa shape index (κ2) is 9.01. The maximum atomic E-state index is 13.0. The van der Waals surface area contributed by atoms with Crippen molar-refractivity contribution in [1.29, 1.82) is 0 Å². The molecule has 0 saturated carbocycles. The number of nitrogens with one attached hydrogen (secondary N) is 1. The smallest absolute Gasteiger partial charge is 0.243 e. The van der Waals surface area contributed by atoms with E-state index in [2.05, 4.69) is 11.4 Å². The van der Waals surface area contributed by atoms with Gasteiger partial charge in [0.15, 0.2) is 0 Å². The zero-order valence-corrected chi connectivity index (χ0v) is 19.0. The summed E-state index contributed by atoms with van der Waals surface area (Å²) < 4.78 is 33.2. The normalized spacial score (nSPS) is 20.0. The molecule has 6 nitrogen and oxygen atoms in total. The molecule has 0 radical (unpaired) electrons. The lowest BCUT2D eigenvalue weighted by molar-refractivity contribution is -0.126. The van der Waals surface area contributed by atoms with Crippen molar-refractivity contribution in [3.63, 3.8) is 0 Å². The Morgan fingerprint density at radius 2 is 1.84 bits per heavy atom. The third-order valence-electron chi connectivity index (χ3n) is 6.46. The largest absolute Gasteiger partial charge is 0.493 e. The predicted octanol–water partition coefficient (Wildman–Crippen LogP) is 3.07. The van der Waals surface area contributed by atoms with Gasteiger partial charge in [0.05, 0.1) is 11.5 Å². The fraction of sp³-hybridized carbons (Fsp3) is 0.458. The number of amides is 1. The van der Waals surface area contributed by atoms with Gasteiger partial charge in [-0.3, -0.25) is 4.79 Å². The standard InChI is InChI=1S/C24H30N2O4S/c1-17-7-8-22(13-18(17)2)31(28,29)26-11-9-20(10-12-26)24(27)25-15-19-14-21-5-3-4-6-23(21)30-16-19/h3-8,13,19-20H,9-12,14-16H2,1-2H3,(H,25,27). The minimum Gasteiger partial charge on any atom is -0.493 e. The van der Waals surface area contributed by atoms with Crippen LogP contribution in [0.1, 0.15) is 29.5 Å². The molecular formula is C24H30N2O4S. The molecule has 4 rings (SSSR count). The summed E-state index contributed by atoms with van der Waals surface area (Å²) in [7, 11) is -3.52. The zero-order valence-electron chi connectivity index (χ0n) is 18.1. The predicted molar refractivity (Wildman–Crippen MR) is 120 cm³/mol. The number of aryl methyl sites for hydroxylation is 2. The average molecular weight is 443 g/mol. The maximum Gasteiger partial charge on any atom is 0.243 e. The summed E-state index contributed by atoms with van der Waals surface area (Å²) in [6, 6.07) is 13.2. The van der Waals surface area contributed by atoms with E-state index in [-0.39, 0.29) is 17.7 Å². The summed E-state index contributed by atoms with van der Waals surface area (Å²) in [6.45, 7) is 5.80. The second-order valence-electron chi connectivity index (χ2n) is 8.66. The number of hydrogen-bond donors (Lipinski definition) is 1. The van der Waals surface area contributed by atoms with Crippen LogP contribution < -0.4 is 10.1 Å². The minimum atomic E-state index is -3.52. The van der Waals surface area contributed by atoms with Crippen LogP contribution in [0.25, 0.3) is 0 Å². The molecule has 7 heteroatoms. The Kier molecular flexibility index (Phi) is 6.34. The lowest BCUT2D eigenvalue weighted by Crippen LogP contribution is -2.44. The van der Waals surface area contributed by atoms with E-state index in [1.165, 1.54) is 9.87 Å². The summed E-state index contributed by atoms with van der Waals surface area (Å²) in [6.07, 6.45) is 1.98. The number of piperidine rings is 1. The molecule has 2 aromatic rings. The first kappa shape index (κ1) is 21.8. The van der Waals surface area contributed by atoms with Gasteiger partial charge in [-0.25, -0.2) is 8.42 Å². The van der Waals surface area contributed by atoms with Gasteiger partial charge in [0, 0.05) is 31.5 Å². The molecule has 2 aromatic carbocycles. The minimum absolute atomic E-state index is 0.0158. The third-order valence-corrected chi connectivity index (χ3v) is 8.36. The van der Waals surface area contributed by atoms with Gasteiger partial charge in [-0.1, -0.05) is 24.3 Å². The fourth-order valence-electron chi connectivity index (χ4n) is 4.29. The van der Waals surface area contributed by atoms with Crippen molar-refractivity contribution in [2.24, 2.45) is 11.8 Å². The Balaban J connectivity index is 1.28. The molecule has 2 heterocycles. The van der Waals surface area contributed by atoms with E-state index in [0.717, 1.165) is 23.3 Å². The van der Waals surface area contributed by atoms with Gasteiger partial charge in [0.1, 0.15) is 5.75 Å². The molecule has 1 unspecified atom stereocenters. The summed E-state index contributed by atoms with van der Waals surface area (Å²) in [5.74, 6) is 1.05. The lowest BCUT2D eigenvalue weighted by Gasteiger charge is -2.31. The molecule has 166 valence electrons. The zero-order chi connectivity index (χ0) is 22.0. The first-order valence-corrected chi connectivity index (χ1v) is 12.3. The average Bonchev–Trinajstić information content (AvgIpc) is 2.79. The van der Waals surface area contributed by atoms with Gasteiger partial charge >= 0.3 is 0 Å². The third kappa shape index (κ3) is 4.77. The highest BCUT2D eigenvalue weighted by Gasteiger charge is 2.32. The first-order chi connectivity index (χ1) is 14.8.